The van der Waals surface area contributed by atoms with Crippen LogP contribution in [0.5, 0.6) is 0 Å². The van der Waals surface area contributed by atoms with Gasteiger partial charge in [0, 0.05) is 18.6 Å². The molecule has 0 aromatic carbocycles. The molecule has 1 unspecified atom stereocenters. The average molecular weight is 228 g/mol. The predicted octanol–water partition coefficient (Wildman–Crippen LogP) is 2.00. The van der Waals surface area contributed by atoms with E-state index in [1.165, 1.54) is 0 Å². The van der Waals surface area contributed by atoms with E-state index in [9.17, 15) is 4.79 Å². The molecule has 0 aliphatic carbocycles. The largest absolute Gasteiger partial charge is 0.444 e. The number of ether oxygens (including phenoxy) is 1. The van der Waals surface area contributed by atoms with Gasteiger partial charge in [-0.1, -0.05) is 6.92 Å². The average Bonchev–Trinajstić information content (AvgIpc) is 2.45. The van der Waals surface area contributed by atoms with Crippen molar-refractivity contribution in [3.05, 3.63) is 0 Å². The predicted molar refractivity (Wildman–Crippen MR) is 64.5 cm³/mol. The number of carbonyl (C=O) groups excluding carboxylic acids is 1. The number of likely N-dealkylation sites (N-methyl/N-ethyl adjacent to an activating group) is 1. The summed E-state index contributed by atoms with van der Waals surface area (Å²) in [7, 11) is 0. The Labute approximate surface area is 98.3 Å². The topological polar surface area (TPSA) is 41.6 Å². The highest BCUT2D eigenvalue weighted by Gasteiger charge is 2.36. The lowest BCUT2D eigenvalue weighted by atomic mass is 10.0. The molecule has 0 saturated carbocycles. The van der Waals surface area contributed by atoms with Crippen LogP contribution < -0.4 is 5.32 Å². The molecule has 1 rings (SSSR count). The Morgan fingerprint density at radius 2 is 2.12 bits per heavy atom. The van der Waals surface area contributed by atoms with E-state index < -0.39 is 5.60 Å². The Morgan fingerprint density at radius 1 is 1.50 bits per heavy atom. The summed E-state index contributed by atoms with van der Waals surface area (Å²) in [5.74, 6) is 0. The number of rotatable bonds is 2. The van der Waals surface area contributed by atoms with E-state index in [1.807, 2.05) is 20.8 Å². The van der Waals surface area contributed by atoms with Crippen LogP contribution in [0.25, 0.3) is 0 Å². The van der Waals surface area contributed by atoms with Gasteiger partial charge in [-0.25, -0.2) is 4.79 Å². The summed E-state index contributed by atoms with van der Waals surface area (Å²) in [6.07, 6.45) is 0.786. The van der Waals surface area contributed by atoms with Crippen molar-refractivity contribution in [3.8, 4) is 0 Å². The summed E-state index contributed by atoms with van der Waals surface area (Å²) in [4.78, 5) is 13.6. The van der Waals surface area contributed by atoms with Crippen LogP contribution in [-0.2, 0) is 4.74 Å². The van der Waals surface area contributed by atoms with Crippen LogP contribution in [0, 0.1) is 0 Å². The van der Waals surface area contributed by atoms with E-state index >= 15 is 0 Å². The van der Waals surface area contributed by atoms with Crippen LogP contribution in [0.1, 0.15) is 41.0 Å². The fourth-order valence-electron chi connectivity index (χ4n) is 2.01. The van der Waals surface area contributed by atoms with Gasteiger partial charge in [0.1, 0.15) is 5.60 Å². The Kier molecular flexibility index (Phi) is 3.84. The van der Waals surface area contributed by atoms with Crippen molar-refractivity contribution in [2.75, 3.05) is 19.6 Å². The van der Waals surface area contributed by atoms with Gasteiger partial charge in [0.05, 0.1) is 0 Å². The molecule has 0 radical (unpaired) electrons. The molecule has 0 bridgehead atoms. The van der Waals surface area contributed by atoms with Crippen LogP contribution in [0.15, 0.2) is 0 Å². The van der Waals surface area contributed by atoms with Crippen LogP contribution in [0.4, 0.5) is 4.79 Å². The van der Waals surface area contributed by atoms with Gasteiger partial charge in [-0.2, -0.15) is 0 Å². The van der Waals surface area contributed by atoms with Crippen LogP contribution in [0.2, 0.25) is 0 Å². The molecule has 1 atom stereocenters. The Hall–Kier alpha value is -0.770. The third kappa shape index (κ3) is 3.67. The van der Waals surface area contributed by atoms with Gasteiger partial charge in [-0.3, -0.25) is 0 Å². The number of amides is 1. The number of nitrogens with zero attached hydrogens (tertiary/aromatic N) is 1. The molecule has 1 saturated heterocycles. The first kappa shape index (κ1) is 13.3. The summed E-state index contributed by atoms with van der Waals surface area (Å²) < 4.78 is 5.35. The van der Waals surface area contributed by atoms with E-state index in [1.54, 1.807) is 4.90 Å². The summed E-state index contributed by atoms with van der Waals surface area (Å²) in [5.41, 5.74) is -0.361. The number of likely N-dealkylation sites (tertiary alicyclic amines) is 1. The van der Waals surface area contributed by atoms with Crippen molar-refractivity contribution in [1.29, 1.82) is 0 Å². The van der Waals surface area contributed by atoms with E-state index in [2.05, 4.69) is 19.2 Å². The molecular formula is C12H24N2O2. The molecule has 1 N–H and O–H groups in total. The minimum atomic E-state index is -0.408. The lowest BCUT2D eigenvalue weighted by molar-refractivity contribution is 0.0282. The molecule has 0 aromatic heterocycles. The first-order valence-electron chi connectivity index (χ1n) is 5.99. The standard InChI is InChI=1S/C12H24N2O2/c1-6-13-12(5)7-8-14(9-12)10(15)16-11(2,3)4/h13H,6-9H2,1-5H3. The monoisotopic (exact) mass is 228 g/mol. The third-order valence-electron chi connectivity index (χ3n) is 2.73. The number of hydrogen-bond acceptors (Lipinski definition) is 3. The van der Waals surface area contributed by atoms with E-state index in [-0.39, 0.29) is 11.6 Å². The van der Waals surface area contributed by atoms with Crippen molar-refractivity contribution in [2.24, 2.45) is 0 Å². The van der Waals surface area contributed by atoms with Crippen LogP contribution >= 0.6 is 0 Å². The second kappa shape index (κ2) is 4.62. The second-order valence-corrected chi connectivity index (χ2v) is 5.74. The zero-order valence-corrected chi connectivity index (χ0v) is 11.1. The molecule has 0 spiro atoms. The van der Waals surface area contributed by atoms with Gasteiger partial charge >= 0.3 is 6.09 Å². The third-order valence-corrected chi connectivity index (χ3v) is 2.73. The zero-order chi connectivity index (χ0) is 12.4. The Balaban J connectivity index is 2.50. The summed E-state index contributed by atoms with van der Waals surface area (Å²) in [5, 5.41) is 3.42. The minimum Gasteiger partial charge on any atom is -0.444 e. The maximum Gasteiger partial charge on any atom is 0.410 e. The molecule has 1 aliphatic rings. The first-order valence-corrected chi connectivity index (χ1v) is 5.99. The van der Waals surface area contributed by atoms with Crippen molar-refractivity contribution in [1.82, 2.24) is 10.2 Å². The zero-order valence-electron chi connectivity index (χ0n) is 11.1. The highest BCUT2D eigenvalue weighted by molar-refractivity contribution is 5.68. The molecule has 1 heterocycles. The molecule has 0 aromatic rings. The molecule has 1 fully saturated rings. The molecule has 1 amide bonds. The fraction of sp³-hybridized carbons (Fsp3) is 0.917. The number of hydrogen-bond donors (Lipinski definition) is 1. The van der Waals surface area contributed by atoms with Gasteiger partial charge in [-0.05, 0) is 40.7 Å². The lowest BCUT2D eigenvalue weighted by Crippen LogP contribution is -2.46. The molecular weight excluding hydrogens is 204 g/mol. The lowest BCUT2D eigenvalue weighted by Gasteiger charge is -2.27. The number of nitrogens with one attached hydrogen (secondary N) is 1. The minimum absolute atomic E-state index is 0.0473. The molecule has 94 valence electrons. The fourth-order valence-corrected chi connectivity index (χ4v) is 2.01. The highest BCUT2D eigenvalue weighted by Crippen LogP contribution is 2.22. The van der Waals surface area contributed by atoms with Crippen LogP contribution in [0.3, 0.4) is 0 Å². The second-order valence-electron chi connectivity index (χ2n) is 5.74. The van der Waals surface area contributed by atoms with Gasteiger partial charge in [-0.15, -0.1) is 0 Å². The van der Waals surface area contributed by atoms with Gasteiger partial charge in [0.25, 0.3) is 0 Å². The SMILES string of the molecule is CCNC1(C)CCN(C(=O)OC(C)(C)C)C1. The van der Waals surface area contributed by atoms with Crippen molar-refractivity contribution < 1.29 is 9.53 Å². The van der Waals surface area contributed by atoms with Gasteiger partial charge in [0.2, 0.25) is 0 Å². The van der Waals surface area contributed by atoms with E-state index in [0.717, 1.165) is 26.1 Å². The van der Waals surface area contributed by atoms with E-state index in [0.29, 0.717) is 0 Å². The normalized spacial score (nSPS) is 25.9. The maximum absolute atomic E-state index is 11.8. The van der Waals surface area contributed by atoms with Crippen molar-refractivity contribution in [3.63, 3.8) is 0 Å². The quantitative estimate of drug-likeness (QED) is 0.786. The molecule has 1 aliphatic heterocycles. The summed E-state index contributed by atoms with van der Waals surface area (Å²) in [6, 6.07) is 0. The summed E-state index contributed by atoms with van der Waals surface area (Å²) >= 11 is 0. The van der Waals surface area contributed by atoms with Crippen molar-refractivity contribution >= 4 is 6.09 Å². The van der Waals surface area contributed by atoms with E-state index in [4.69, 9.17) is 4.74 Å². The molecule has 4 heteroatoms. The van der Waals surface area contributed by atoms with Crippen LogP contribution in [-0.4, -0.2) is 41.8 Å². The summed E-state index contributed by atoms with van der Waals surface area (Å²) in [6.45, 7) is 12.4. The first-order chi connectivity index (χ1) is 7.26. The van der Waals surface area contributed by atoms with Gasteiger partial charge in [0.15, 0.2) is 0 Å². The highest BCUT2D eigenvalue weighted by atomic mass is 16.6. The molecule has 4 nitrogen and oxygen atoms in total. The maximum atomic E-state index is 11.8. The van der Waals surface area contributed by atoms with Crippen molar-refractivity contribution in [2.45, 2.75) is 52.2 Å². The Bertz CT molecular complexity index is 260. The van der Waals surface area contributed by atoms with Gasteiger partial charge < -0.3 is 15.0 Å². The smallest absolute Gasteiger partial charge is 0.410 e. The molecule has 16 heavy (non-hydrogen) atoms. The Morgan fingerprint density at radius 3 is 2.62 bits per heavy atom. The number of carbonyl (C=O) groups is 1.